The number of likely N-dealkylation sites (N-methyl/N-ethyl adjacent to an activating group) is 1. The van der Waals surface area contributed by atoms with E-state index in [0.717, 1.165) is 5.56 Å². The van der Waals surface area contributed by atoms with Crippen molar-refractivity contribution in [3.05, 3.63) is 35.4 Å². The lowest BCUT2D eigenvalue weighted by Crippen LogP contribution is -2.38. The van der Waals surface area contributed by atoms with Crippen molar-refractivity contribution in [2.24, 2.45) is 5.73 Å². The molecular weight excluding hydrogens is 246 g/mol. The Morgan fingerprint density at radius 3 is 2.28 bits per heavy atom. The lowest BCUT2D eigenvalue weighted by atomic mass is 10.1. The second-order valence-corrected chi connectivity index (χ2v) is 4.90. The minimum atomic E-state index is -0.0850. The number of nitrogens with two attached hydrogens (primary N) is 1. The van der Waals surface area contributed by atoms with Crippen LogP contribution >= 0.6 is 12.2 Å². The zero-order chi connectivity index (χ0) is 13.7. The minimum absolute atomic E-state index is 0.0850. The molecule has 0 fully saturated rings. The van der Waals surface area contributed by atoms with E-state index >= 15 is 0 Å². The van der Waals surface area contributed by atoms with Crippen molar-refractivity contribution in [2.75, 3.05) is 20.6 Å². The summed E-state index contributed by atoms with van der Waals surface area (Å²) >= 11 is 4.86. The zero-order valence-corrected chi connectivity index (χ0v) is 11.8. The Labute approximate surface area is 113 Å². The number of thiocarbonyl (C=S) groups is 1. The van der Waals surface area contributed by atoms with Crippen LogP contribution in [0.5, 0.6) is 0 Å². The van der Waals surface area contributed by atoms with E-state index in [4.69, 9.17) is 18.0 Å². The van der Waals surface area contributed by atoms with Crippen LogP contribution < -0.4 is 11.1 Å². The highest BCUT2D eigenvalue weighted by atomic mass is 32.1. The number of hydrogen-bond acceptors (Lipinski definition) is 3. The van der Waals surface area contributed by atoms with E-state index in [0.29, 0.717) is 23.1 Å². The maximum Gasteiger partial charge on any atom is 0.251 e. The van der Waals surface area contributed by atoms with E-state index in [1.54, 1.807) is 24.3 Å². The molecule has 1 atom stereocenters. The van der Waals surface area contributed by atoms with Crippen LogP contribution in [0.3, 0.4) is 0 Å². The van der Waals surface area contributed by atoms with Gasteiger partial charge in [0.2, 0.25) is 0 Å². The maximum absolute atomic E-state index is 11.9. The molecule has 3 N–H and O–H groups in total. The van der Waals surface area contributed by atoms with Crippen molar-refractivity contribution < 1.29 is 4.79 Å². The van der Waals surface area contributed by atoms with Crippen molar-refractivity contribution >= 4 is 23.1 Å². The highest BCUT2D eigenvalue weighted by Crippen LogP contribution is 2.04. The van der Waals surface area contributed by atoms with Gasteiger partial charge in [0.1, 0.15) is 4.99 Å². The SMILES string of the molecule is CC(CNC(=O)c1ccc(C(N)=S)cc1)N(C)C. The zero-order valence-electron chi connectivity index (χ0n) is 10.9. The van der Waals surface area contributed by atoms with Gasteiger partial charge in [-0.15, -0.1) is 0 Å². The molecule has 0 aliphatic rings. The van der Waals surface area contributed by atoms with E-state index in [1.165, 1.54) is 0 Å². The largest absolute Gasteiger partial charge is 0.389 e. The van der Waals surface area contributed by atoms with Gasteiger partial charge in [-0.3, -0.25) is 4.79 Å². The molecular formula is C13H19N3OS. The molecule has 1 unspecified atom stereocenters. The molecule has 0 saturated heterocycles. The van der Waals surface area contributed by atoms with Crippen LogP contribution in [-0.2, 0) is 0 Å². The van der Waals surface area contributed by atoms with E-state index < -0.39 is 0 Å². The molecule has 1 rings (SSSR count). The fourth-order valence-corrected chi connectivity index (χ4v) is 1.45. The van der Waals surface area contributed by atoms with Crippen LogP contribution in [0.1, 0.15) is 22.8 Å². The van der Waals surface area contributed by atoms with E-state index in [1.807, 2.05) is 14.1 Å². The lowest BCUT2D eigenvalue weighted by Gasteiger charge is -2.19. The topological polar surface area (TPSA) is 58.4 Å². The van der Waals surface area contributed by atoms with Gasteiger partial charge in [0, 0.05) is 23.7 Å². The van der Waals surface area contributed by atoms with Crippen LogP contribution in [0.15, 0.2) is 24.3 Å². The highest BCUT2D eigenvalue weighted by Gasteiger charge is 2.09. The van der Waals surface area contributed by atoms with E-state index in [-0.39, 0.29) is 5.91 Å². The number of rotatable bonds is 5. The van der Waals surface area contributed by atoms with E-state index in [2.05, 4.69) is 17.1 Å². The summed E-state index contributed by atoms with van der Waals surface area (Å²) in [5.74, 6) is -0.0850. The first-order valence-corrected chi connectivity index (χ1v) is 6.17. The van der Waals surface area contributed by atoms with Crippen LogP contribution in [0.4, 0.5) is 0 Å². The molecule has 98 valence electrons. The molecule has 0 spiro atoms. The summed E-state index contributed by atoms with van der Waals surface area (Å²) in [6, 6.07) is 7.26. The lowest BCUT2D eigenvalue weighted by molar-refractivity contribution is 0.0943. The van der Waals surface area contributed by atoms with Crippen molar-refractivity contribution in [3.63, 3.8) is 0 Å². The molecule has 0 radical (unpaired) electrons. The van der Waals surface area contributed by atoms with Gasteiger partial charge < -0.3 is 16.0 Å². The van der Waals surface area contributed by atoms with Crippen LogP contribution in [-0.4, -0.2) is 42.5 Å². The average molecular weight is 265 g/mol. The summed E-state index contributed by atoms with van der Waals surface area (Å²) in [6.45, 7) is 2.67. The van der Waals surface area contributed by atoms with Gasteiger partial charge >= 0.3 is 0 Å². The summed E-state index contributed by atoms with van der Waals surface area (Å²) in [7, 11) is 3.96. The number of amides is 1. The Hall–Kier alpha value is -1.46. The van der Waals surface area contributed by atoms with Crippen molar-refractivity contribution in [1.29, 1.82) is 0 Å². The Morgan fingerprint density at radius 1 is 1.33 bits per heavy atom. The molecule has 0 aromatic heterocycles. The molecule has 18 heavy (non-hydrogen) atoms. The maximum atomic E-state index is 11.9. The third kappa shape index (κ3) is 4.09. The fraction of sp³-hybridized carbons (Fsp3) is 0.385. The van der Waals surface area contributed by atoms with Gasteiger partial charge in [-0.1, -0.05) is 24.4 Å². The molecule has 1 amide bonds. The second-order valence-electron chi connectivity index (χ2n) is 4.46. The Balaban J connectivity index is 2.59. The average Bonchev–Trinajstić information content (AvgIpc) is 2.35. The quantitative estimate of drug-likeness (QED) is 0.780. The van der Waals surface area contributed by atoms with Crippen LogP contribution in [0.25, 0.3) is 0 Å². The summed E-state index contributed by atoms with van der Waals surface area (Å²) in [5, 5.41) is 2.88. The first kappa shape index (κ1) is 14.6. The van der Waals surface area contributed by atoms with Gasteiger partial charge in [0.15, 0.2) is 0 Å². The molecule has 0 aliphatic carbocycles. The number of carbonyl (C=O) groups is 1. The standard InChI is InChI=1S/C13H19N3OS/c1-9(16(2)3)8-15-13(17)11-6-4-10(5-7-11)12(14)18/h4-7,9H,8H2,1-3H3,(H2,14,18)(H,15,17). The van der Waals surface area contributed by atoms with Crippen molar-refractivity contribution in [3.8, 4) is 0 Å². The molecule has 1 aromatic rings. The van der Waals surface area contributed by atoms with Gasteiger partial charge in [-0.25, -0.2) is 0 Å². The summed E-state index contributed by atoms with van der Waals surface area (Å²) in [4.78, 5) is 14.2. The van der Waals surface area contributed by atoms with Gasteiger partial charge in [0.25, 0.3) is 5.91 Å². The molecule has 0 bridgehead atoms. The first-order chi connectivity index (χ1) is 8.41. The van der Waals surface area contributed by atoms with Crippen LogP contribution in [0, 0.1) is 0 Å². The highest BCUT2D eigenvalue weighted by molar-refractivity contribution is 7.80. The number of nitrogens with zero attached hydrogens (tertiary/aromatic N) is 1. The molecule has 0 heterocycles. The summed E-state index contributed by atoms with van der Waals surface area (Å²) in [5.41, 5.74) is 6.88. The smallest absolute Gasteiger partial charge is 0.251 e. The fourth-order valence-electron chi connectivity index (χ4n) is 1.31. The van der Waals surface area contributed by atoms with Crippen molar-refractivity contribution in [1.82, 2.24) is 10.2 Å². The van der Waals surface area contributed by atoms with E-state index in [9.17, 15) is 4.79 Å². The van der Waals surface area contributed by atoms with Gasteiger partial charge in [-0.2, -0.15) is 0 Å². The Kier molecular flexibility index (Phi) is 5.25. The Bertz CT molecular complexity index is 428. The predicted octanol–water partition coefficient (Wildman–Crippen LogP) is 1.00. The Morgan fingerprint density at radius 2 is 1.83 bits per heavy atom. The summed E-state index contributed by atoms with van der Waals surface area (Å²) in [6.07, 6.45) is 0. The third-order valence-corrected chi connectivity index (χ3v) is 3.11. The molecule has 4 nitrogen and oxygen atoms in total. The molecule has 1 aromatic carbocycles. The third-order valence-electron chi connectivity index (χ3n) is 2.87. The minimum Gasteiger partial charge on any atom is -0.389 e. The van der Waals surface area contributed by atoms with Crippen molar-refractivity contribution in [2.45, 2.75) is 13.0 Å². The number of carbonyl (C=O) groups excluding carboxylic acids is 1. The number of benzene rings is 1. The first-order valence-electron chi connectivity index (χ1n) is 5.76. The summed E-state index contributed by atoms with van der Waals surface area (Å²) < 4.78 is 0. The normalized spacial score (nSPS) is 12.2. The van der Waals surface area contributed by atoms with Gasteiger partial charge in [0.05, 0.1) is 0 Å². The van der Waals surface area contributed by atoms with Crippen LogP contribution in [0.2, 0.25) is 0 Å². The molecule has 0 saturated carbocycles. The number of hydrogen-bond donors (Lipinski definition) is 2. The molecule has 5 heteroatoms. The predicted molar refractivity (Wildman–Crippen MR) is 77.8 cm³/mol. The van der Waals surface area contributed by atoms with Gasteiger partial charge in [-0.05, 0) is 33.2 Å². The molecule has 0 aliphatic heterocycles. The second kappa shape index (κ2) is 6.47. The number of nitrogens with one attached hydrogen (secondary N) is 1. The monoisotopic (exact) mass is 265 g/mol.